The second-order valence-electron chi connectivity index (χ2n) is 1.80. The Balaban J connectivity index is 3.30. The maximum Gasteiger partial charge on any atom is 0.306 e. The summed E-state index contributed by atoms with van der Waals surface area (Å²) in [5, 5.41) is 7.66. The molecule has 0 spiro atoms. The number of hydrogen-bond acceptors (Lipinski definition) is 4. The lowest BCUT2D eigenvalue weighted by Gasteiger charge is -1.99. The maximum absolute atomic E-state index is 10.6. The van der Waals surface area contributed by atoms with Crippen LogP contribution in [0.15, 0.2) is 0 Å². The first-order valence-electron chi connectivity index (χ1n) is 3.11. The molecular formula is C6H9ClO4. The molecule has 4 nitrogen and oxygen atoms in total. The third kappa shape index (κ3) is 7.29. The quantitative estimate of drug-likeness (QED) is 0.480. The molecule has 0 aliphatic carbocycles. The first-order valence-corrected chi connectivity index (χ1v) is 3.49. The van der Waals surface area contributed by atoms with Gasteiger partial charge in [-0.1, -0.05) is 0 Å². The zero-order valence-corrected chi connectivity index (χ0v) is 6.63. The molecule has 0 rings (SSSR count). The van der Waals surface area contributed by atoms with E-state index in [9.17, 15) is 9.59 Å². The van der Waals surface area contributed by atoms with Crippen LogP contribution in [0.4, 0.5) is 0 Å². The first-order chi connectivity index (χ1) is 5.16. The molecule has 0 atom stereocenters. The van der Waals surface area contributed by atoms with Crippen LogP contribution in [0, 0.1) is 0 Å². The van der Waals surface area contributed by atoms with Gasteiger partial charge in [0.2, 0.25) is 5.24 Å². The van der Waals surface area contributed by atoms with E-state index in [1.165, 1.54) is 0 Å². The standard InChI is InChI=1S/C6H9ClO4/c7-5(9)1-2-6(10)11-4-3-8/h8H,1-4H2. The van der Waals surface area contributed by atoms with Crippen LogP contribution in [-0.2, 0) is 14.3 Å². The van der Waals surface area contributed by atoms with E-state index >= 15 is 0 Å². The van der Waals surface area contributed by atoms with Crippen molar-refractivity contribution in [1.29, 1.82) is 0 Å². The number of hydrogen-bond donors (Lipinski definition) is 1. The van der Waals surface area contributed by atoms with Gasteiger partial charge in [-0.2, -0.15) is 0 Å². The summed E-state index contributed by atoms with van der Waals surface area (Å²) in [5.41, 5.74) is 0. The number of halogens is 1. The fourth-order valence-electron chi connectivity index (χ4n) is 0.432. The van der Waals surface area contributed by atoms with Crippen LogP contribution in [0.5, 0.6) is 0 Å². The highest BCUT2D eigenvalue weighted by Gasteiger charge is 2.04. The topological polar surface area (TPSA) is 63.6 Å². The van der Waals surface area contributed by atoms with Gasteiger partial charge in [0.1, 0.15) is 6.61 Å². The number of carbonyl (C=O) groups excluding carboxylic acids is 2. The number of rotatable bonds is 5. The Bertz CT molecular complexity index is 146. The van der Waals surface area contributed by atoms with Crippen LogP contribution < -0.4 is 0 Å². The second kappa shape index (κ2) is 6.12. The van der Waals surface area contributed by atoms with Gasteiger partial charge in [0.15, 0.2) is 0 Å². The van der Waals surface area contributed by atoms with Crippen LogP contribution in [0.3, 0.4) is 0 Å². The van der Waals surface area contributed by atoms with Crippen LogP contribution in [0.1, 0.15) is 12.8 Å². The van der Waals surface area contributed by atoms with E-state index in [0.717, 1.165) is 0 Å². The molecule has 0 aromatic carbocycles. The Morgan fingerprint density at radius 2 is 2.00 bits per heavy atom. The highest BCUT2D eigenvalue weighted by molar-refractivity contribution is 6.63. The molecule has 5 heteroatoms. The Hall–Kier alpha value is -0.610. The van der Waals surface area contributed by atoms with Gasteiger partial charge >= 0.3 is 5.97 Å². The monoisotopic (exact) mass is 180 g/mol. The minimum atomic E-state index is -0.564. The Morgan fingerprint density at radius 1 is 1.36 bits per heavy atom. The highest BCUT2D eigenvalue weighted by Crippen LogP contribution is 1.96. The van der Waals surface area contributed by atoms with Gasteiger partial charge in [0.05, 0.1) is 13.0 Å². The van der Waals surface area contributed by atoms with E-state index in [1.807, 2.05) is 0 Å². The molecule has 0 bridgehead atoms. The van der Waals surface area contributed by atoms with Crippen molar-refractivity contribution in [2.45, 2.75) is 12.8 Å². The van der Waals surface area contributed by atoms with Gasteiger partial charge in [-0.05, 0) is 11.6 Å². The van der Waals surface area contributed by atoms with Crippen molar-refractivity contribution in [3.63, 3.8) is 0 Å². The molecule has 11 heavy (non-hydrogen) atoms. The summed E-state index contributed by atoms with van der Waals surface area (Å²) in [4.78, 5) is 20.7. The lowest BCUT2D eigenvalue weighted by atomic mass is 10.3. The predicted octanol–water partition coefficient (Wildman–Crippen LogP) is 0.0675. The Kier molecular flexibility index (Phi) is 5.78. The lowest BCUT2D eigenvalue weighted by Crippen LogP contribution is -2.08. The maximum atomic E-state index is 10.6. The molecule has 0 heterocycles. The molecule has 1 N–H and O–H groups in total. The number of aliphatic hydroxyl groups excluding tert-OH is 1. The lowest BCUT2D eigenvalue weighted by molar-refractivity contribution is -0.145. The molecule has 0 unspecified atom stereocenters. The smallest absolute Gasteiger partial charge is 0.306 e. The molecule has 0 amide bonds. The SMILES string of the molecule is O=C(Cl)CCC(=O)OCCO. The molecule has 0 radical (unpaired) electrons. The highest BCUT2D eigenvalue weighted by atomic mass is 35.5. The van der Waals surface area contributed by atoms with Crippen LogP contribution in [0.2, 0.25) is 0 Å². The average molecular weight is 181 g/mol. The largest absolute Gasteiger partial charge is 0.463 e. The van der Waals surface area contributed by atoms with Crippen LogP contribution in [0.25, 0.3) is 0 Å². The zero-order chi connectivity index (χ0) is 8.69. The summed E-state index contributed by atoms with van der Waals surface area (Å²) >= 11 is 4.96. The normalized spacial score (nSPS) is 9.27. The van der Waals surface area contributed by atoms with Crippen molar-refractivity contribution in [1.82, 2.24) is 0 Å². The van der Waals surface area contributed by atoms with Gasteiger partial charge in [0.25, 0.3) is 0 Å². The average Bonchev–Trinajstić information content (AvgIpc) is 1.97. The Morgan fingerprint density at radius 3 is 2.45 bits per heavy atom. The van der Waals surface area contributed by atoms with Crippen molar-refractivity contribution in [3.8, 4) is 0 Å². The second-order valence-corrected chi connectivity index (χ2v) is 2.22. The van der Waals surface area contributed by atoms with Gasteiger partial charge in [-0.25, -0.2) is 0 Å². The fraction of sp³-hybridized carbons (Fsp3) is 0.667. The molecule has 0 aliphatic rings. The minimum Gasteiger partial charge on any atom is -0.463 e. The van der Waals surface area contributed by atoms with Crippen molar-refractivity contribution >= 4 is 22.8 Å². The molecule has 0 saturated heterocycles. The predicted molar refractivity (Wildman–Crippen MR) is 38.1 cm³/mol. The summed E-state index contributed by atoms with van der Waals surface area (Å²) in [7, 11) is 0. The third-order valence-electron chi connectivity index (χ3n) is 0.880. The summed E-state index contributed by atoms with van der Waals surface area (Å²) in [6.45, 7) is -0.240. The molecule has 0 saturated carbocycles. The summed E-state index contributed by atoms with van der Waals surface area (Å²) in [5.74, 6) is -0.520. The molecule has 0 aromatic heterocycles. The summed E-state index contributed by atoms with van der Waals surface area (Å²) in [6.07, 6.45) is -0.0475. The van der Waals surface area contributed by atoms with E-state index < -0.39 is 11.2 Å². The van der Waals surface area contributed by atoms with E-state index in [-0.39, 0.29) is 26.1 Å². The van der Waals surface area contributed by atoms with Gasteiger partial charge in [-0.3, -0.25) is 9.59 Å². The van der Waals surface area contributed by atoms with Gasteiger partial charge in [0, 0.05) is 6.42 Å². The summed E-state index contributed by atoms with van der Waals surface area (Å²) in [6, 6.07) is 0. The molecule has 64 valence electrons. The van der Waals surface area contributed by atoms with Crippen LogP contribution >= 0.6 is 11.6 Å². The van der Waals surface area contributed by atoms with Crippen molar-refractivity contribution in [3.05, 3.63) is 0 Å². The molecular weight excluding hydrogens is 172 g/mol. The van der Waals surface area contributed by atoms with Crippen molar-refractivity contribution in [2.75, 3.05) is 13.2 Å². The fourth-order valence-corrected chi connectivity index (χ4v) is 0.526. The molecule has 0 aliphatic heterocycles. The molecule has 0 fully saturated rings. The van der Waals surface area contributed by atoms with E-state index in [0.29, 0.717) is 0 Å². The number of aliphatic hydroxyl groups is 1. The zero-order valence-electron chi connectivity index (χ0n) is 5.88. The van der Waals surface area contributed by atoms with E-state index in [2.05, 4.69) is 4.74 Å². The van der Waals surface area contributed by atoms with Gasteiger partial charge in [-0.15, -0.1) is 0 Å². The van der Waals surface area contributed by atoms with Crippen LogP contribution in [-0.4, -0.2) is 29.5 Å². The first kappa shape index (κ1) is 10.4. The van der Waals surface area contributed by atoms with E-state index in [4.69, 9.17) is 16.7 Å². The molecule has 0 aromatic rings. The number of carbonyl (C=O) groups is 2. The minimum absolute atomic E-state index is 0.0220. The number of ether oxygens (including phenoxy) is 1. The van der Waals surface area contributed by atoms with E-state index in [1.54, 1.807) is 0 Å². The Labute approximate surface area is 69.1 Å². The van der Waals surface area contributed by atoms with Crippen molar-refractivity contribution < 1.29 is 19.4 Å². The van der Waals surface area contributed by atoms with Crippen molar-refractivity contribution in [2.24, 2.45) is 0 Å². The number of esters is 1. The third-order valence-corrected chi connectivity index (χ3v) is 1.07. The summed E-state index contributed by atoms with van der Waals surface area (Å²) < 4.78 is 4.44. The van der Waals surface area contributed by atoms with Gasteiger partial charge < -0.3 is 9.84 Å².